The van der Waals surface area contributed by atoms with E-state index in [2.05, 4.69) is 15.6 Å². The summed E-state index contributed by atoms with van der Waals surface area (Å²) in [4.78, 5) is 11.2. The molecule has 1 rings (SSSR count). The Labute approximate surface area is 70.8 Å². The van der Waals surface area contributed by atoms with E-state index in [9.17, 15) is 4.79 Å². The Morgan fingerprint density at radius 2 is 2.33 bits per heavy atom. The average molecular weight is 168 g/mol. The summed E-state index contributed by atoms with van der Waals surface area (Å²) < 4.78 is 1.50. The van der Waals surface area contributed by atoms with Crippen LogP contribution in [0, 0.1) is 0 Å². The van der Waals surface area contributed by atoms with Crippen molar-refractivity contribution in [1.82, 2.24) is 20.3 Å². The number of nitrogens with one attached hydrogen (secondary N) is 1. The van der Waals surface area contributed by atoms with Crippen LogP contribution in [0.25, 0.3) is 0 Å². The Balaban J connectivity index is 2.65. The van der Waals surface area contributed by atoms with Crippen molar-refractivity contribution >= 4 is 5.91 Å². The van der Waals surface area contributed by atoms with Crippen LogP contribution >= 0.6 is 0 Å². The van der Waals surface area contributed by atoms with Crippen LogP contribution in [0.15, 0.2) is 6.20 Å². The minimum Gasteiger partial charge on any atom is -0.348 e. The van der Waals surface area contributed by atoms with Crippen molar-refractivity contribution in [3.63, 3.8) is 0 Å². The van der Waals surface area contributed by atoms with Crippen molar-refractivity contribution in [2.75, 3.05) is 0 Å². The van der Waals surface area contributed by atoms with Gasteiger partial charge in [0.1, 0.15) is 0 Å². The Kier molecular flexibility index (Phi) is 2.42. The molecule has 12 heavy (non-hydrogen) atoms. The minimum absolute atomic E-state index is 0.125. The highest BCUT2D eigenvalue weighted by atomic mass is 16.2. The summed E-state index contributed by atoms with van der Waals surface area (Å²) in [5.74, 6) is -0.182. The van der Waals surface area contributed by atoms with Crippen LogP contribution < -0.4 is 5.32 Å². The lowest BCUT2D eigenvalue weighted by atomic mass is 10.3. The van der Waals surface area contributed by atoms with Gasteiger partial charge in [-0.1, -0.05) is 5.21 Å². The summed E-state index contributed by atoms with van der Waals surface area (Å²) in [6.07, 6.45) is 1.58. The van der Waals surface area contributed by atoms with Crippen molar-refractivity contribution in [2.45, 2.75) is 19.9 Å². The summed E-state index contributed by atoms with van der Waals surface area (Å²) >= 11 is 0. The number of nitrogens with zero attached hydrogens (tertiary/aromatic N) is 3. The predicted octanol–water partition coefficient (Wildman–Crippen LogP) is -0.0467. The molecule has 0 aliphatic heterocycles. The van der Waals surface area contributed by atoms with Crippen LogP contribution in [-0.2, 0) is 7.05 Å². The Hall–Kier alpha value is -1.39. The van der Waals surface area contributed by atoms with Crippen molar-refractivity contribution < 1.29 is 4.79 Å². The fraction of sp³-hybridized carbons (Fsp3) is 0.571. The van der Waals surface area contributed by atoms with Crippen LogP contribution in [0.5, 0.6) is 0 Å². The van der Waals surface area contributed by atoms with Gasteiger partial charge in [-0.25, -0.2) is 0 Å². The van der Waals surface area contributed by atoms with Gasteiger partial charge in [0.05, 0.1) is 6.20 Å². The van der Waals surface area contributed by atoms with Gasteiger partial charge in [0.25, 0.3) is 5.91 Å². The highest BCUT2D eigenvalue weighted by Gasteiger charge is 2.09. The molecule has 5 nitrogen and oxygen atoms in total. The number of hydrogen-bond acceptors (Lipinski definition) is 3. The third kappa shape index (κ3) is 2.05. The van der Waals surface area contributed by atoms with E-state index in [1.807, 2.05) is 13.8 Å². The fourth-order valence-corrected chi connectivity index (χ4v) is 0.788. The van der Waals surface area contributed by atoms with Crippen LogP contribution in [-0.4, -0.2) is 26.9 Å². The van der Waals surface area contributed by atoms with Crippen molar-refractivity contribution in [3.05, 3.63) is 11.9 Å². The Bertz CT molecular complexity index is 279. The van der Waals surface area contributed by atoms with Gasteiger partial charge >= 0.3 is 0 Å². The lowest BCUT2D eigenvalue weighted by molar-refractivity contribution is 0.0938. The second-order valence-corrected chi connectivity index (χ2v) is 2.91. The number of amides is 1. The molecular weight excluding hydrogens is 156 g/mol. The lowest BCUT2D eigenvalue weighted by Crippen LogP contribution is -2.30. The summed E-state index contributed by atoms with van der Waals surface area (Å²) in [6.45, 7) is 3.79. The van der Waals surface area contributed by atoms with Gasteiger partial charge in [0, 0.05) is 13.1 Å². The molecule has 0 unspecified atom stereocenters. The van der Waals surface area contributed by atoms with E-state index in [1.54, 1.807) is 13.2 Å². The van der Waals surface area contributed by atoms with E-state index >= 15 is 0 Å². The largest absolute Gasteiger partial charge is 0.348 e. The Morgan fingerprint density at radius 1 is 1.67 bits per heavy atom. The van der Waals surface area contributed by atoms with Crippen LogP contribution in [0.1, 0.15) is 24.3 Å². The van der Waals surface area contributed by atoms with Crippen molar-refractivity contribution in [2.24, 2.45) is 7.05 Å². The number of rotatable bonds is 2. The zero-order valence-electron chi connectivity index (χ0n) is 7.40. The lowest BCUT2D eigenvalue weighted by Gasteiger charge is -2.04. The molecule has 1 heterocycles. The number of aromatic nitrogens is 3. The first kappa shape index (κ1) is 8.70. The zero-order valence-corrected chi connectivity index (χ0v) is 7.40. The van der Waals surface area contributed by atoms with Gasteiger partial charge in [-0.3, -0.25) is 9.48 Å². The Morgan fingerprint density at radius 3 is 2.75 bits per heavy atom. The second-order valence-electron chi connectivity index (χ2n) is 2.91. The monoisotopic (exact) mass is 168 g/mol. The molecule has 0 spiro atoms. The first-order chi connectivity index (χ1) is 5.59. The van der Waals surface area contributed by atoms with E-state index in [4.69, 9.17) is 0 Å². The highest BCUT2D eigenvalue weighted by Crippen LogP contribution is 1.91. The normalized spacial score (nSPS) is 10.3. The molecule has 5 heteroatoms. The van der Waals surface area contributed by atoms with Gasteiger partial charge in [0.2, 0.25) is 0 Å². The van der Waals surface area contributed by atoms with Gasteiger partial charge in [0.15, 0.2) is 5.69 Å². The SMILES string of the molecule is CC(C)NC(=O)c1cn(C)nn1. The van der Waals surface area contributed by atoms with Gasteiger partial charge < -0.3 is 5.32 Å². The smallest absolute Gasteiger partial charge is 0.273 e. The van der Waals surface area contributed by atoms with E-state index < -0.39 is 0 Å². The van der Waals surface area contributed by atoms with E-state index in [-0.39, 0.29) is 11.9 Å². The van der Waals surface area contributed by atoms with E-state index in [0.717, 1.165) is 0 Å². The van der Waals surface area contributed by atoms with Gasteiger partial charge in [-0.05, 0) is 13.8 Å². The maximum atomic E-state index is 11.2. The molecule has 0 aliphatic rings. The second kappa shape index (κ2) is 3.34. The maximum absolute atomic E-state index is 11.2. The molecule has 1 aromatic heterocycles. The highest BCUT2D eigenvalue weighted by molar-refractivity contribution is 5.91. The third-order valence-electron chi connectivity index (χ3n) is 1.26. The summed E-state index contributed by atoms with van der Waals surface area (Å²) in [5, 5.41) is 10.0. The van der Waals surface area contributed by atoms with Gasteiger partial charge in [-0.2, -0.15) is 0 Å². The minimum atomic E-state index is -0.182. The third-order valence-corrected chi connectivity index (χ3v) is 1.26. The summed E-state index contributed by atoms with van der Waals surface area (Å²) in [6, 6.07) is 0.125. The maximum Gasteiger partial charge on any atom is 0.273 e. The predicted molar refractivity (Wildman–Crippen MR) is 43.6 cm³/mol. The molecular formula is C7H12N4O. The van der Waals surface area contributed by atoms with E-state index in [0.29, 0.717) is 5.69 Å². The van der Waals surface area contributed by atoms with Crippen molar-refractivity contribution in [1.29, 1.82) is 0 Å². The fourth-order valence-electron chi connectivity index (χ4n) is 0.788. The van der Waals surface area contributed by atoms with Gasteiger partial charge in [-0.15, -0.1) is 5.10 Å². The number of hydrogen-bond donors (Lipinski definition) is 1. The molecule has 66 valence electrons. The first-order valence-corrected chi connectivity index (χ1v) is 3.77. The molecule has 1 amide bonds. The number of aryl methyl sites for hydroxylation is 1. The molecule has 0 radical (unpaired) electrons. The summed E-state index contributed by atoms with van der Waals surface area (Å²) in [5.41, 5.74) is 0.353. The molecule has 0 aromatic carbocycles. The molecule has 0 fully saturated rings. The molecule has 0 atom stereocenters. The number of carbonyl (C=O) groups excluding carboxylic acids is 1. The van der Waals surface area contributed by atoms with Crippen molar-refractivity contribution in [3.8, 4) is 0 Å². The molecule has 1 N–H and O–H groups in total. The standard InChI is InChI=1S/C7H12N4O/c1-5(2)8-7(12)6-4-11(3)10-9-6/h4-5H,1-3H3,(H,8,12). The topological polar surface area (TPSA) is 59.8 Å². The first-order valence-electron chi connectivity index (χ1n) is 3.77. The van der Waals surface area contributed by atoms with Crippen LogP contribution in [0.4, 0.5) is 0 Å². The number of carbonyl (C=O) groups is 1. The molecule has 1 aromatic rings. The van der Waals surface area contributed by atoms with Crippen LogP contribution in [0.3, 0.4) is 0 Å². The summed E-state index contributed by atoms with van der Waals surface area (Å²) in [7, 11) is 1.72. The molecule has 0 bridgehead atoms. The average Bonchev–Trinajstić information content (AvgIpc) is 2.34. The van der Waals surface area contributed by atoms with Crippen LogP contribution in [0.2, 0.25) is 0 Å². The quantitative estimate of drug-likeness (QED) is 0.673. The van der Waals surface area contributed by atoms with E-state index in [1.165, 1.54) is 4.68 Å². The zero-order chi connectivity index (χ0) is 9.14. The molecule has 0 saturated carbocycles. The molecule has 0 saturated heterocycles. The molecule has 0 aliphatic carbocycles.